The number of hydrogen-bond acceptors (Lipinski definition) is 3. The van der Waals surface area contributed by atoms with Gasteiger partial charge in [-0.05, 0) is 26.0 Å². The zero-order valence-corrected chi connectivity index (χ0v) is 10.8. The van der Waals surface area contributed by atoms with Gasteiger partial charge in [0.15, 0.2) is 17.8 Å². The molecule has 2 aromatic heterocycles. The van der Waals surface area contributed by atoms with Gasteiger partial charge in [-0.3, -0.25) is 9.78 Å². The summed E-state index contributed by atoms with van der Waals surface area (Å²) in [5.74, 6) is 0.129. The Kier molecular flexibility index (Phi) is 3.61. The molecule has 0 aliphatic rings. The molecule has 0 atom stereocenters. The van der Waals surface area contributed by atoms with E-state index in [1.54, 1.807) is 13.8 Å². The van der Waals surface area contributed by atoms with E-state index < -0.39 is 11.9 Å². The number of imidazole rings is 1. The van der Waals surface area contributed by atoms with Crippen molar-refractivity contribution in [2.24, 2.45) is 0 Å². The molecule has 0 unspecified atom stereocenters. The first kappa shape index (κ1) is 14.2. The van der Waals surface area contributed by atoms with Crippen LogP contribution in [0.15, 0.2) is 24.5 Å². The molecular formula is C13H12F3N3O. The summed E-state index contributed by atoms with van der Waals surface area (Å²) in [7, 11) is 0. The molecule has 0 N–H and O–H groups in total. The van der Waals surface area contributed by atoms with Crippen LogP contribution in [0.5, 0.6) is 0 Å². The van der Waals surface area contributed by atoms with E-state index in [9.17, 15) is 18.0 Å². The van der Waals surface area contributed by atoms with Crippen molar-refractivity contribution < 1.29 is 18.0 Å². The molecule has 106 valence electrons. The summed E-state index contributed by atoms with van der Waals surface area (Å²) in [6.45, 7) is 3.51. The predicted molar refractivity (Wildman–Crippen MR) is 66.2 cm³/mol. The first-order valence-electron chi connectivity index (χ1n) is 5.90. The van der Waals surface area contributed by atoms with Gasteiger partial charge in [0.25, 0.3) is 0 Å². The Hall–Kier alpha value is -2.18. The molecule has 7 heteroatoms. The third kappa shape index (κ3) is 2.71. The second-order valence-corrected chi connectivity index (χ2v) is 4.54. The second kappa shape index (κ2) is 5.07. The van der Waals surface area contributed by atoms with Gasteiger partial charge in [0.1, 0.15) is 5.69 Å². The van der Waals surface area contributed by atoms with E-state index in [2.05, 4.69) is 9.97 Å². The lowest BCUT2D eigenvalue weighted by atomic mass is 10.2. The minimum absolute atomic E-state index is 0.129. The summed E-state index contributed by atoms with van der Waals surface area (Å²) in [4.78, 5) is 18.1. The third-order valence-corrected chi connectivity index (χ3v) is 2.73. The first-order chi connectivity index (χ1) is 9.32. The molecule has 0 radical (unpaired) electrons. The summed E-state index contributed by atoms with van der Waals surface area (Å²) in [5, 5.41) is 0. The van der Waals surface area contributed by atoms with Crippen molar-refractivity contribution in [2.75, 3.05) is 0 Å². The Morgan fingerprint density at radius 2 is 2.00 bits per heavy atom. The number of alkyl halides is 3. The summed E-state index contributed by atoms with van der Waals surface area (Å²) in [6, 6.07) is 2.77. The number of aldehydes is 1. The normalized spacial score (nSPS) is 11.9. The van der Waals surface area contributed by atoms with Crippen molar-refractivity contribution in [1.82, 2.24) is 14.5 Å². The fraction of sp³-hybridized carbons (Fsp3) is 0.308. The van der Waals surface area contributed by atoms with E-state index in [-0.39, 0.29) is 11.9 Å². The van der Waals surface area contributed by atoms with Gasteiger partial charge in [0, 0.05) is 24.0 Å². The number of hydrogen-bond donors (Lipinski definition) is 0. The Morgan fingerprint density at radius 1 is 1.30 bits per heavy atom. The van der Waals surface area contributed by atoms with Crippen LogP contribution in [-0.2, 0) is 6.18 Å². The van der Waals surface area contributed by atoms with Gasteiger partial charge in [0.05, 0.1) is 0 Å². The highest BCUT2D eigenvalue weighted by molar-refractivity contribution is 5.74. The Balaban J connectivity index is 2.53. The van der Waals surface area contributed by atoms with E-state index in [0.29, 0.717) is 17.5 Å². The fourth-order valence-corrected chi connectivity index (χ4v) is 1.72. The second-order valence-electron chi connectivity index (χ2n) is 4.54. The predicted octanol–water partition coefficient (Wildman–Crippen LogP) is 3.36. The van der Waals surface area contributed by atoms with Crippen LogP contribution in [0.25, 0.3) is 11.5 Å². The quantitative estimate of drug-likeness (QED) is 0.811. The van der Waals surface area contributed by atoms with Crippen LogP contribution in [0.2, 0.25) is 0 Å². The number of halogens is 3. The number of pyridine rings is 1. The molecule has 4 nitrogen and oxygen atoms in total. The smallest absolute Gasteiger partial charge is 0.327 e. The van der Waals surface area contributed by atoms with Gasteiger partial charge in [-0.2, -0.15) is 13.2 Å². The van der Waals surface area contributed by atoms with Gasteiger partial charge in [-0.25, -0.2) is 4.98 Å². The highest BCUT2D eigenvalue weighted by Crippen LogP contribution is 2.31. The SMILES string of the molecule is CC(C)n1cc(C(F)(F)F)nc1-c1ccc(C=O)cn1. The molecule has 0 saturated carbocycles. The molecule has 0 bridgehead atoms. The van der Waals surface area contributed by atoms with Gasteiger partial charge >= 0.3 is 6.18 Å². The monoisotopic (exact) mass is 283 g/mol. The van der Waals surface area contributed by atoms with E-state index in [4.69, 9.17) is 0 Å². The van der Waals surface area contributed by atoms with Crippen LogP contribution in [0.4, 0.5) is 13.2 Å². The Labute approximate surface area is 113 Å². The summed E-state index contributed by atoms with van der Waals surface area (Å²) < 4.78 is 39.6. The van der Waals surface area contributed by atoms with E-state index in [0.717, 1.165) is 6.20 Å². The molecular weight excluding hydrogens is 271 g/mol. The third-order valence-electron chi connectivity index (χ3n) is 2.73. The molecule has 2 rings (SSSR count). The number of carbonyl (C=O) groups excluding carboxylic acids is 1. The van der Waals surface area contributed by atoms with E-state index in [1.807, 2.05) is 0 Å². The topological polar surface area (TPSA) is 47.8 Å². The van der Waals surface area contributed by atoms with Crippen LogP contribution >= 0.6 is 0 Å². The van der Waals surface area contributed by atoms with Crippen LogP contribution in [0, 0.1) is 0 Å². The molecule has 0 spiro atoms. The minimum atomic E-state index is -4.50. The Morgan fingerprint density at radius 3 is 2.45 bits per heavy atom. The summed E-state index contributed by atoms with van der Waals surface area (Å²) >= 11 is 0. The standard InChI is InChI=1S/C13H12F3N3O/c1-8(2)19-6-11(13(14,15)16)18-12(19)10-4-3-9(7-20)5-17-10/h3-8H,1-2H3. The van der Waals surface area contributed by atoms with E-state index >= 15 is 0 Å². The molecule has 0 aliphatic carbocycles. The number of nitrogens with zero attached hydrogens (tertiary/aromatic N) is 3. The van der Waals surface area contributed by atoms with Crippen molar-refractivity contribution in [3.05, 3.63) is 35.8 Å². The number of rotatable bonds is 3. The van der Waals surface area contributed by atoms with Crippen molar-refractivity contribution >= 4 is 6.29 Å². The van der Waals surface area contributed by atoms with Crippen LogP contribution < -0.4 is 0 Å². The lowest BCUT2D eigenvalue weighted by Gasteiger charge is -2.10. The molecule has 0 saturated heterocycles. The van der Waals surface area contributed by atoms with Gasteiger partial charge in [-0.1, -0.05) is 0 Å². The van der Waals surface area contributed by atoms with Gasteiger partial charge in [0.2, 0.25) is 0 Å². The van der Waals surface area contributed by atoms with Gasteiger partial charge < -0.3 is 4.57 Å². The van der Waals surface area contributed by atoms with Crippen molar-refractivity contribution in [3.8, 4) is 11.5 Å². The average molecular weight is 283 g/mol. The molecule has 0 aromatic carbocycles. The lowest BCUT2D eigenvalue weighted by molar-refractivity contribution is -0.140. The molecule has 0 fully saturated rings. The minimum Gasteiger partial charge on any atom is -0.327 e. The van der Waals surface area contributed by atoms with Crippen molar-refractivity contribution in [1.29, 1.82) is 0 Å². The van der Waals surface area contributed by atoms with Crippen LogP contribution in [-0.4, -0.2) is 20.8 Å². The zero-order valence-electron chi connectivity index (χ0n) is 10.8. The summed E-state index contributed by atoms with van der Waals surface area (Å²) in [6.07, 6.45) is -1.62. The van der Waals surface area contributed by atoms with Gasteiger partial charge in [-0.15, -0.1) is 0 Å². The average Bonchev–Trinajstić information content (AvgIpc) is 2.84. The number of carbonyl (C=O) groups is 1. The van der Waals surface area contributed by atoms with Crippen LogP contribution in [0.3, 0.4) is 0 Å². The molecule has 2 heterocycles. The number of aromatic nitrogens is 3. The Bertz CT molecular complexity index is 615. The molecule has 2 aromatic rings. The van der Waals surface area contributed by atoms with E-state index in [1.165, 1.54) is 22.9 Å². The molecule has 0 aliphatic heterocycles. The fourth-order valence-electron chi connectivity index (χ4n) is 1.72. The van der Waals surface area contributed by atoms with Crippen LogP contribution in [0.1, 0.15) is 35.9 Å². The highest BCUT2D eigenvalue weighted by Gasteiger charge is 2.35. The zero-order chi connectivity index (χ0) is 14.9. The maximum Gasteiger partial charge on any atom is 0.434 e. The van der Waals surface area contributed by atoms with Crippen molar-refractivity contribution in [3.63, 3.8) is 0 Å². The largest absolute Gasteiger partial charge is 0.434 e. The summed E-state index contributed by atoms with van der Waals surface area (Å²) in [5.41, 5.74) is -0.310. The maximum absolute atomic E-state index is 12.7. The lowest BCUT2D eigenvalue weighted by Crippen LogP contribution is -2.05. The first-order valence-corrected chi connectivity index (χ1v) is 5.90. The van der Waals surface area contributed by atoms with Crippen molar-refractivity contribution in [2.45, 2.75) is 26.1 Å². The molecule has 0 amide bonds. The maximum atomic E-state index is 12.7. The highest BCUT2D eigenvalue weighted by atomic mass is 19.4. The molecule has 20 heavy (non-hydrogen) atoms.